The Morgan fingerprint density at radius 3 is 3.00 bits per heavy atom. The van der Waals surface area contributed by atoms with E-state index in [4.69, 9.17) is 0 Å². The van der Waals surface area contributed by atoms with Gasteiger partial charge in [-0.2, -0.15) is 0 Å². The standard InChI is InChI=1S/C13H16N2S2.ClH/c1-2-7-12-11(6-1)15-13(17-12)16-9-10-5-3-4-8-14-10;/h1-2,6-7,10,14H,3-5,8-9H2;1H. The van der Waals surface area contributed by atoms with E-state index < -0.39 is 0 Å². The van der Waals surface area contributed by atoms with Crippen LogP contribution in [-0.2, 0) is 0 Å². The maximum atomic E-state index is 4.65. The van der Waals surface area contributed by atoms with Crippen molar-refractivity contribution in [2.45, 2.75) is 29.6 Å². The van der Waals surface area contributed by atoms with Gasteiger partial charge in [-0.25, -0.2) is 4.98 Å². The first-order valence-corrected chi connectivity index (χ1v) is 7.94. The van der Waals surface area contributed by atoms with Crippen LogP contribution in [0.4, 0.5) is 0 Å². The summed E-state index contributed by atoms with van der Waals surface area (Å²) in [5, 5.41) is 3.58. The number of nitrogens with zero attached hydrogens (tertiary/aromatic N) is 1. The number of benzene rings is 1. The molecule has 0 saturated carbocycles. The van der Waals surface area contributed by atoms with Gasteiger partial charge in [0, 0.05) is 11.8 Å². The fraction of sp³-hybridized carbons (Fsp3) is 0.462. The lowest BCUT2D eigenvalue weighted by molar-refractivity contribution is 0.430. The zero-order valence-electron chi connectivity index (χ0n) is 10.1. The summed E-state index contributed by atoms with van der Waals surface area (Å²) in [5.41, 5.74) is 1.14. The van der Waals surface area contributed by atoms with Crippen molar-refractivity contribution < 1.29 is 0 Å². The summed E-state index contributed by atoms with van der Waals surface area (Å²) in [6.45, 7) is 1.19. The van der Waals surface area contributed by atoms with Crippen molar-refractivity contribution >= 4 is 45.7 Å². The van der Waals surface area contributed by atoms with Crippen LogP contribution in [0.25, 0.3) is 10.2 Å². The van der Waals surface area contributed by atoms with Gasteiger partial charge in [0.1, 0.15) is 0 Å². The number of para-hydroxylation sites is 1. The van der Waals surface area contributed by atoms with Crippen LogP contribution >= 0.6 is 35.5 Å². The average Bonchev–Trinajstić information content (AvgIpc) is 2.80. The van der Waals surface area contributed by atoms with Crippen LogP contribution in [0.5, 0.6) is 0 Å². The minimum absolute atomic E-state index is 0. The molecule has 1 atom stereocenters. The van der Waals surface area contributed by atoms with Crippen molar-refractivity contribution in [3.8, 4) is 0 Å². The molecule has 18 heavy (non-hydrogen) atoms. The molecule has 1 aromatic heterocycles. The SMILES string of the molecule is Cl.c1ccc2sc(SCC3CCCCN3)nc2c1. The fourth-order valence-corrected chi connectivity index (χ4v) is 4.35. The van der Waals surface area contributed by atoms with Crippen LogP contribution in [0, 0.1) is 0 Å². The van der Waals surface area contributed by atoms with Crippen molar-refractivity contribution in [1.82, 2.24) is 10.3 Å². The Balaban J connectivity index is 0.00000120. The third-order valence-corrected chi connectivity index (χ3v) is 5.44. The molecule has 0 radical (unpaired) electrons. The Morgan fingerprint density at radius 1 is 1.33 bits per heavy atom. The van der Waals surface area contributed by atoms with Gasteiger partial charge in [0.2, 0.25) is 0 Å². The molecule has 0 spiro atoms. The van der Waals surface area contributed by atoms with Crippen LogP contribution < -0.4 is 5.32 Å². The number of fused-ring (bicyclic) bond motifs is 1. The Hall–Kier alpha value is -0.290. The van der Waals surface area contributed by atoms with E-state index in [0.717, 1.165) is 11.3 Å². The molecule has 1 N–H and O–H groups in total. The van der Waals surface area contributed by atoms with Crippen molar-refractivity contribution in [3.05, 3.63) is 24.3 Å². The molecule has 1 aromatic carbocycles. The largest absolute Gasteiger partial charge is 0.313 e. The number of thiazole rings is 1. The summed E-state index contributed by atoms with van der Waals surface area (Å²) in [5.74, 6) is 1.15. The Labute approximate surface area is 122 Å². The molecule has 1 unspecified atom stereocenters. The van der Waals surface area contributed by atoms with Crippen molar-refractivity contribution in [2.75, 3.05) is 12.3 Å². The second-order valence-corrected chi connectivity index (χ2v) is 6.70. The minimum atomic E-state index is 0. The second kappa shape index (κ2) is 6.75. The Morgan fingerprint density at radius 2 is 2.22 bits per heavy atom. The number of hydrogen-bond donors (Lipinski definition) is 1. The molecule has 98 valence electrons. The van der Waals surface area contributed by atoms with Crippen LogP contribution in [0.3, 0.4) is 0 Å². The number of thioether (sulfide) groups is 1. The van der Waals surface area contributed by atoms with Crippen molar-refractivity contribution in [2.24, 2.45) is 0 Å². The second-order valence-electron chi connectivity index (χ2n) is 4.41. The number of hydrogen-bond acceptors (Lipinski definition) is 4. The molecule has 0 bridgehead atoms. The highest BCUT2D eigenvalue weighted by molar-refractivity contribution is 8.01. The van der Waals surface area contributed by atoms with Crippen molar-refractivity contribution in [3.63, 3.8) is 0 Å². The molecular weight excluding hydrogens is 284 g/mol. The van der Waals surface area contributed by atoms with Gasteiger partial charge in [0.15, 0.2) is 4.34 Å². The van der Waals surface area contributed by atoms with Gasteiger partial charge >= 0.3 is 0 Å². The van der Waals surface area contributed by atoms with E-state index >= 15 is 0 Å². The van der Waals surface area contributed by atoms with Crippen LogP contribution in [0.2, 0.25) is 0 Å². The zero-order chi connectivity index (χ0) is 11.5. The van der Waals surface area contributed by atoms with E-state index in [1.807, 2.05) is 23.1 Å². The number of nitrogens with one attached hydrogen (secondary N) is 1. The number of halogens is 1. The summed E-state index contributed by atoms with van der Waals surface area (Å²) in [6, 6.07) is 9.06. The number of aromatic nitrogens is 1. The van der Waals surface area contributed by atoms with Crippen LogP contribution in [-0.4, -0.2) is 23.3 Å². The van der Waals surface area contributed by atoms with Crippen molar-refractivity contribution in [1.29, 1.82) is 0 Å². The van der Waals surface area contributed by atoms with E-state index in [1.165, 1.54) is 34.8 Å². The lowest BCUT2D eigenvalue weighted by atomic mass is 10.1. The quantitative estimate of drug-likeness (QED) is 0.869. The molecule has 2 aromatic rings. The molecule has 1 saturated heterocycles. The molecule has 1 aliphatic rings. The highest BCUT2D eigenvalue weighted by Gasteiger charge is 2.13. The van der Waals surface area contributed by atoms with Crippen LogP contribution in [0.1, 0.15) is 19.3 Å². The highest BCUT2D eigenvalue weighted by Crippen LogP contribution is 2.30. The topological polar surface area (TPSA) is 24.9 Å². The van der Waals surface area contributed by atoms with E-state index in [2.05, 4.69) is 34.6 Å². The third-order valence-electron chi connectivity index (χ3n) is 3.09. The first-order chi connectivity index (χ1) is 8.42. The predicted octanol–water partition coefficient (Wildman–Crippen LogP) is 3.95. The van der Waals surface area contributed by atoms with Gasteiger partial charge in [-0.15, -0.1) is 23.7 Å². The van der Waals surface area contributed by atoms with Crippen LogP contribution in [0.15, 0.2) is 28.6 Å². The van der Waals surface area contributed by atoms with E-state index in [9.17, 15) is 0 Å². The molecular formula is C13H17ClN2S2. The molecule has 1 aliphatic heterocycles. The summed E-state index contributed by atoms with van der Waals surface area (Å²) < 4.78 is 2.50. The Bertz CT molecular complexity index is 461. The molecule has 3 rings (SSSR count). The molecule has 2 nitrogen and oxygen atoms in total. The van der Waals surface area contributed by atoms with Gasteiger partial charge in [-0.1, -0.05) is 30.3 Å². The highest BCUT2D eigenvalue weighted by atomic mass is 35.5. The first-order valence-electron chi connectivity index (χ1n) is 6.13. The monoisotopic (exact) mass is 300 g/mol. The molecule has 0 amide bonds. The maximum absolute atomic E-state index is 4.65. The number of piperidine rings is 1. The van der Waals surface area contributed by atoms with E-state index in [-0.39, 0.29) is 12.4 Å². The normalized spacial score (nSPS) is 19.7. The third kappa shape index (κ3) is 3.38. The fourth-order valence-electron chi connectivity index (χ4n) is 2.15. The number of rotatable bonds is 3. The zero-order valence-corrected chi connectivity index (χ0v) is 12.5. The van der Waals surface area contributed by atoms with Gasteiger partial charge in [0.05, 0.1) is 10.2 Å². The van der Waals surface area contributed by atoms with E-state index in [1.54, 1.807) is 0 Å². The molecule has 2 heterocycles. The predicted molar refractivity (Wildman–Crippen MR) is 83.2 cm³/mol. The lowest BCUT2D eigenvalue weighted by Gasteiger charge is -2.22. The molecule has 5 heteroatoms. The average molecular weight is 301 g/mol. The summed E-state index contributed by atoms with van der Waals surface area (Å²) in [6.07, 6.45) is 4.03. The first kappa shape index (κ1) is 14.1. The summed E-state index contributed by atoms with van der Waals surface area (Å²) >= 11 is 3.71. The minimum Gasteiger partial charge on any atom is -0.313 e. The summed E-state index contributed by atoms with van der Waals surface area (Å²) in [4.78, 5) is 4.65. The smallest absolute Gasteiger partial charge is 0.151 e. The summed E-state index contributed by atoms with van der Waals surface area (Å²) in [7, 11) is 0. The van der Waals surface area contributed by atoms with Gasteiger partial charge < -0.3 is 5.32 Å². The molecule has 0 aliphatic carbocycles. The van der Waals surface area contributed by atoms with Gasteiger partial charge in [0.25, 0.3) is 0 Å². The van der Waals surface area contributed by atoms with Gasteiger partial charge in [-0.05, 0) is 31.5 Å². The Kier molecular flexibility index (Phi) is 5.30. The van der Waals surface area contributed by atoms with E-state index in [0.29, 0.717) is 6.04 Å². The van der Waals surface area contributed by atoms with Gasteiger partial charge in [-0.3, -0.25) is 0 Å². The molecule has 1 fully saturated rings. The maximum Gasteiger partial charge on any atom is 0.151 e. The lowest BCUT2D eigenvalue weighted by Crippen LogP contribution is -2.35.